The zero-order valence-corrected chi connectivity index (χ0v) is 40.7. The van der Waals surface area contributed by atoms with Crippen molar-refractivity contribution in [3.05, 3.63) is 187 Å². The number of aromatic nitrogens is 5. The zero-order chi connectivity index (χ0) is 44.9. The van der Waals surface area contributed by atoms with E-state index in [9.17, 15) is 0 Å². The third-order valence-corrected chi connectivity index (χ3v) is 15.1. The maximum absolute atomic E-state index is 6.76. The fraction of sp³-hybridized carbons (Fsp3) is 0.167. The molecule has 13 rings (SSSR count). The van der Waals surface area contributed by atoms with Crippen LogP contribution in [0.15, 0.2) is 158 Å². The summed E-state index contributed by atoms with van der Waals surface area (Å²) in [5, 5.41) is 7.89. The van der Waals surface area contributed by atoms with Crippen LogP contribution in [0, 0.1) is 12.1 Å². The van der Waals surface area contributed by atoms with Crippen LogP contribution < -0.4 is 4.74 Å². The van der Waals surface area contributed by atoms with Gasteiger partial charge in [0.05, 0.1) is 16.7 Å². The maximum Gasteiger partial charge on any atom is 2.00 e. The predicted molar refractivity (Wildman–Crippen MR) is 271 cm³/mol. The number of hydrogen-bond acceptors (Lipinski definition) is 3. The second-order valence-electron chi connectivity index (χ2n) is 20.2. The zero-order valence-electron chi connectivity index (χ0n) is 38.5. The van der Waals surface area contributed by atoms with Crippen LogP contribution in [-0.2, 0) is 37.3 Å². The molecule has 0 unspecified atom stereocenters. The maximum atomic E-state index is 6.76. The van der Waals surface area contributed by atoms with E-state index in [2.05, 4.69) is 214 Å². The number of rotatable bonds is 5. The van der Waals surface area contributed by atoms with E-state index in [1.54, 1.807) is 0 Å². The Balaban J connectivity index is 0.00000468. The summed E-state index contributed by atoms with van der Waals surface area (Å²) >= 11 is 0. The molecule has 0 atom stereocenters. The predicted octanol–water partition coefficient (Wildman–Crippen LogP) is 15.2. The van der Waals surface area contributed by atoms with Crippen molar-refractivity contribution in [1.82, 2.24) is 23.5 Å². The first kappa shape index (κ1) is 41.4. The van der Waals surface area contributed by atoms with Gasteiger partial charge in [0.25, 0.3) is 0 Å². The molecule has 0 aliphatic carbocycles. The van der Waals surface area contributed by atoms with E-state index in [4.69, 9.17) is 14.7 Å². The number of ether oxygens (including phenoxy) is 1. The molecule has 0 N–H and O–H groups in total. The van der Waals surface area contributed by atoms with Crippen LogP contribution in [0.5, 0.6) is 11.5 Å². The SMILES string of the molecule is CC(C)(C)c1ccnc(-n2c3[c-]c(Oc4[c-]c5c(cc4)c4cccc6c4n4c(cnc54)C(C)(C)C6(C)C)ccc3c3cc(-c4ccc5c(c4)c4ccccc4n5-c4ccccc4)ccc32)c1.[Pt+2]. The first-order valence-corrected chi connectivity index (χ1v) is 22.9. The van der Waals surface area contributed by atoms with Crippen LogP contribution in [0.25, 0.3) is 93.6 Å². The van der Waals surface area contributed by atoms with Crippen LogP contribution in [-0.4, -0.2) is 23.5 Å². The summed E-state index contributed by atoms with van der Waals surface area (Å²) in [6.45, 7) is 16.1. The molecule has 0 saturated carbocycles. The van der Waals surface area contributed by atoms with E-state index in [1.807, 2.05) is 18.3 Å². The molecule has 6 heterocycles. The van der Waals surface area contributed by atoms with Gasteiger partial charge in [0.1, 0.15) is 5.82 Å². The number of hydrogen-bond donors (Lipinski definition) is 0. The average Bonchev–Trinajstić information content (AvgIpc) is 4.02. The first-order valence-electron chi connectivity index (χ1n) is 22.9. The van der Waals surface area contributed by atoms with E-state index in [1.165, 1.54) is 49.5 Å². The summed E-state index contributed by atoms with van der Waals surface area (Å²) in [6.07, 6.45) is 3.98. The number of pyridine rings is 2. The van der Waals surface area contributed by atoms with Gasteiger partial charge in [-0.25, -0.2) is 4.98 Å². The summed E-state index contributed by atoms with van der Waals surface area (Å²) in [4.78, 5) is 10.1. The van der Waals surface area contributed by atoms with Crippen LogP contribution in [0.3, 0.4) is 0 Å². The number of imidazole rings is 1. The van der Waals surface area contributed by atoms with Gasteiger partial charge in [-0.15, -0.1) is 29.7 Å². The molecule has 0 spiro atoms. The molecule has 0 bridgehead atoms. The van der Waals surface area contributed by atoms with Crippen molar-refractivity contribution in [3.8, 4) is 34.1 Å². The fourth-order valence-electron chi connectivity index (χ4n) is 10.8. The third-order valence-electron chi connectivity index (χ3n) is 15.1. The normalized spacial score (nSPS) is 14.3. The summed E-state index contributed by atoms with van der Waals surface area (Å²) in [5.41, 5.74) is 13.4. The minimum absolute atomic E-state index is 0. The molecular weight excluding hydrogens is 1000 g/mol. The van der Waals surface area contributed by atoms with Crippen LogP contribution >= 0.6 is 0 Å². The largest absolute Gasteiger partial charge is 2.00 e. The molecule has 7 heteroatoms. The van der Waals surface area contributed by atoms with E-state index >= 15 is 0 Å². The van der Waals surface area contributed by atoms with Crippen molar-refractivity contribution in [2.75, 3.05) is 0 Å². The van der Waals surface area contributed by atoms with Gasteiger partial charge >= 0.3 is 21.1 Å². The summed E-state index contributed by atoms with van der Waals surface area (Å²) in [7, 11) is 0. The summed E-state index contributed by atoms with van der Waals surface area (Å²) < 4.78 is 13.7. The number of para-hydroxylation sites is 3. The van der Waals surface area contributed by atoms with Crippen molar-refractivity contribution in [2.45, 2.75) is 64.7 Å². The van der Waals surface area contributed by atoms with Crippen molar-refractivity contribution < 1.29 is 25.8 Å². The van der Waals surface area contributed by atoms with Gasteiger partial charge in [-0.3, -0.25) is 4.98 Å². The second kappa shape index (κ2) is 14.5. The molecule has 1 aliphatic rings. The molecule has 328 valence electrons. The van der Waals surface area contributed by atoms with Gasteiger partial charge in [-0.05, 0) is 87.0 Å². The fourth-order valence-corrected chi connectivity index (χ4v) is 10.8. The molecule has 0 saturated heterocycles. The Morgan fingerprint density at radius 3 is 1.97 bits per heavy atom. The van der Waals surface area contributed by atoms with Gasteiger partial charge in [0, 0.05) is 67.9 Å². The van der Waals surface area contributed by atoms with Gasteiger partial charge in [0.15, 0.2) is 0 Å². The van der Waals surface area contributed by atoms with Gasteiger partial charge in [-0.1, -0.05) is 144 Å². The molecule has 6 nitrogen and oxygen atoms in total. The summed E-state index contributed by atoms with van der Waals surface area (Å²) in [6, 6.07) is 59.8. The molecule has 67 heavy (non-hydrogen) atoms. The van der Waals surface area contributed by atoms with Crippen molar-refractivity contribution in [1.29, 1.82) is 0 Å². The number of nitrogens with zero attached hydrogens (tertiary/aromatic N) is 5. The summed E-state index contributed by atoms with van der Waals surface area (Å²) in [5.74, 6) is 2.05. The number of fused-ring (bicyclic) bond motifs is 9. The van der Waals surface area contributed by atoms with Crippen LogP contribution in [0.2, 0.25) is 0 Å². The second-order valence-corrected chi connectivity index (χ2v) is 20.2. The topological polar surface area (TPSA) is 49.3 Å². The average molecular weight is 1050 g/mol. The van der Waals surface area contributed by atoms with E-state index < -0.39 is 0 Å². The Morgan fingerprint density at radius 2 is 1.21 bits per heavy atom. The molecular formula is C60H47N5OPt. The molecule has 1 aliphatic heterocycles. The van der Waals surface area contributed by atoms with Crippen molar-refractivity contribution in [3.63, 3.8) is 0 Å². The minimum Gasteiger partial charge on any atom is -0.503 e. The first-order chi connectivity index (χ1) is 31.9. The van der Waals surface area contributed by atoms with Crippen molar-refractivity contribution >= 4 is 70.9 Å². The molecule has 0 amide bonds. The van der Waals surface area contributed by atoms with Crippen molar-refractivity contribution in [2.24, 2.45) is 0 Å². The molecule has 0 fully saturated rings. The standard InChI is InChI=1S/C60H47N5O.Pt/c1-58(2,3)38-28-29-61-55(32-38)64-52-27-21-37(36-20-26-51-46(30-36)43-16-11-12-19-50(43)63(51)39-14-9-8-10-15-39)31-47(52)44-25-23-41(34-53(44)64)66-40-22-24-42-45-17-13-18-49-56(45)65-54(60(6,7)59(49,4)5)35-62-57(65)48(42)33-40;/h8-32,35H,1-7H3;/q-2;+2. The Hall–Kier alpha value is -7.01. The monoisotopic (exact) mass is 1050 g/mol. The minimum atomic E-state index is -0.141. The molecule has 12 aromatic rings. The third kappa shape index (κ3) is 5.91. The van der Waals surface area contributed by atoms with E-state index in [-0.39, 0.29) is 37.3 Å². The van der Waals surface area contributed by atoms with E-state index in [0.717, 1.165) is 60.9 Å². The van der Waals surface area contributed by atoms with Gasteiger partial charge < -0.3 is 18.3 Å². The Morgan fingerprint density at radius 1 is 0.552 bits per heavy atom. The van der Waals surface area contributed by atoms with Crippen LogP contribution in [0.4, 0.5) is 0 Å². The Bertz CT molecular complexity index is 4010. The Labute approximate surface area is 403 Å². The quantitative estimate of drug-likeness (QED) is 0.127. The van der Waals surface area contributed by atoms with Gasteiger partial charge in [0.2, 0.25) is 0 Å². The molecule has 5 aromatic heterocycles. The van der Waals surface area contributed by atoms with E-state index in [0.29, 0.717) is 11.5 Å². The smallest absolute Gasteiger partial charge is 0.503 e. The van der Waals surface area contributed by atoms with Crippen LogP contribution in [0.1, 0.15) is 65.3 Å². The molecule has 0 radical (unpaired) electrons. The Kier molecular flexibility index (Phi) is 8.96. The van der Waals surface area contributed by atoms with Gasteiger partial charge in [-0.2, -0.15) is 6.07 Å². The molecule has 7 aromatic carbocycles. The number of benzene rings is 7.